The summed E-state index contributed by atoms with van der Waals surface area (Å²) in [5.74, 6) is -2.62. The molecule has 2 atom stereocenters. The molecule has 0 bridgehead atoms. The molecular formula is C18H16F2N2O3. The van der Waals surface area contributed by atoms with E-state index in [2.05, 4.69) is 5.32 Å². The second-order valence-corrected chi connectivity index (χ2v) is 5.88. The van der Waals surface area contributed by atoms with Gasteiger partial charge in [-0.2, -0.15) is 0 Å². The van der Waals surface area contributed by atoms with Crippen LogP contribution in [0.5, 0.6) is 5.75 Å². The zero-order valence-electron chi connectivity index (χ0n) is 13.4. The molecule has 3 rings (SSSR count). The number of methoxy groups -OCH3 is 1. The van der Waals surface area contributed by atoms with Crippen LogP contribution in [0.1, 0.15) is 28.3 Å². The summed E-state index contributed by atoms with van der Waals surface area (Å²) < 4.78 is 32.0. The lowest BCUT2D eigenvalue weighted by molar-refractivity contribution is -0.117. The van der Waals surface area contributed by atoms with Crippen molar-refractivity contribution in [3.63, 3.8) is 0 Å². The van der Waals surface area contributed by atoms with Gasteiger partial charge in [0.15, 0.2) is 0 Å². The van der Waals surface area contributed by atoms with Crippen molar-refractivity contribution in [1.82, 2.24) is 0 Å². The molecule has 0 aromatic heterocycles. The number of hydrogen-bond acceptors (Lipinski definition) is 3. The first-order valence-corrected chi connectivity index (χ1v) is 7.64. The van der Waals surface area contributed by atoms with Gasteiger partial charge in [-0.15, -0.1) is 0 Å². The number of hydrogen-bond donors (Lipinski definition) is 2. The summed E-state index contributed by atoms with van der Waals surface area (Å²) in [5, 5.41) is 2.68. The Morgan fingerprint density at radius 1 is 1.20 bits per heavy atom. The van der Waals surface area contributed by atoms with E-state index in [4.69, 9.17) is 10.5 Å². The van der Waals surface area contributed by atoms with Crippen LogP contribution in [-0.2, 0) is 4.79 Å². The van der Waals surface area contributed by atoms with Crippen molar-refractivity contribution >= 4 is 17.5 Å². The number of carbonyl (C=O) groups is 2. The van der Waals surface area contributed by atoms with E-state index in [-0.39, 0.29) is 17.4 Å². The number of primary amides is 1. The van der Waals surface area contributed by atoms with E-state index < -0.39 is 23.5 Å². The Labute approximate surface area is 142 Å². The van der Waals surface area contributed by atoms with Gasteiger partial charge < -0.3 is 15.8 Å². The van der Waals surface area contributed by atoms with Crippen molar-refractivity contribution in [3.05, 3.63) is 59.2 Å². The van der Waals surface area contributed by atoms with Crippen LogP contribution in [0.2, 0.25) is 0 Å². The normalized spacial score (nSPS) is 18.5. The predicted octanol–water partition coefficient (Wildman–Crippen LogP) is 2.81. The van der Waals surface area contributed by atoms with Gasteiger partial charge in [-0.25, -0.2) is 8.78 Å². The van der Waals surface area contributed by atoms with E-state index in [1.54, 1.807) is 0 Å². The minimum atomic E-state index is -0.659. The Morgan fingerprint density at radius 3 is 2.60 bits per heavy atom. The highest BCUT2D eigenvalue weighted by molar-refractivity contribution is 5.99. The van der Waals surface area contributed by atoms with Gasteiger partial charge in [-0.1, -0.05) is 6.07 Å². The Balaban J connectivity index is 1.75. The fraction of sp³-hybridized carbons (Fsp3) is 0.222. The summed E-state index contributed by atoms with van der Waals surface area (Å²) in [6, 6.07) is 7.78. The van der Waals surface area contributed by atoms with Crippen LogP contribution < -0.4 is 15.8 Å². The molecule has 3 N–H and O–H groups in total. The van der Waals surface area contributed by atoms with Crippen LogP contribution in [0.25, 0.3) is 0 Å². The van der Waals surface area contributed by atoms with Gasteiger partial charge >= 0.3 is 0 Å². The van der Waals surface area contributed by atoms with Crippen LogP contribution >= 0.6 is 0 Å². The third-order valence-corrected chi connectivity index (χ3v) is 4.23. The number of rotatable bonds is 5. The SMILES string of the molecule is COc1ccc(C(N)=O)cc1NC(=O)[C@@H]1C[C@H]1c1ccc(F)cc1F. The van der Waals surface area contributed by atoms with Crippen molar-refractivity contribution in [3.8, 4) is 5.75 Å². The molecule has 2 amide bonds. The van der Waals surface area contributed by atoms with Crippen molar-refractivity contribution < 1.29 is 23.1 Å². The van der Waals surface area contributed by atoms with Crippen LogP contribution in [0.15, 0.2) is 36.4 Å². The van der Waals surface area contributed by atoms with Crippen molar-refractivity contribution in [2.45, 2.75) is 12.3 Å². The number of halogens is 2. The van der Waals surface area contributed by atoms with Gasteiger partial charge in [0.25, 0.3) is 0 Å². The zero-order chi connectivity index (χ0) is 18.1. The molecule has 0 unspecified atom stereocenters. The number of nitrogens with one attached hydrogen (secondary N) is 1. The molecule has 0 saturated heterocycles. The molecule has 1 aliphatic rings. The van der Waals surface area contributed by atoms with E-state index in [0.717, 1.165) is 6.07 Å². The maximum absolute atomic E-state index is 13.8. The summed E-state index contributed by atoms with van der Waals surface area (Å²) in [5.41, 5.74) is 6.10. The summed E-state index contributed by atoms with van der Waals surface area (Å²) in [6.45, 7) is 0. The molecule has 1 fully saturated rings. The smallest absolute Gasteiger partial charge is 0.248 e. The Morgan fingerprint density at radius 2 is 1.96 bits per heavy atom. The lowest BCUT2D eigenvalue weighted by Gasteiger charge is -2.11. The summed E-state index contributed by atoms with van der Waals surface area (Å²) >= 11 is 0. The number of ether oxygens (including phenoxy) is 1. The molecule has 2 aromatic carbocycles. The second kappa shape index (κ2) is 6.51. The van der Waals surface area contributed by atoms with Gasteiger partial charge in [0.2, 0.25) is 11.8 Å². The molecule has 1 aliphatic carbocycles. The van der Waals surface area contributed by atoms with Crippen LogP contribution in [0.3, 0.4) is 0 Å². The maximum atomic E-state index is 13.8. The Hall–Kier alpha value is -2.96. The topological polar surface area (TPSA) is 81.4 Å². The monoisotopic (exact) mass is 346 g/mol. The molecule has 0 heterocycles. The molecule has 0 radical (unpaired) electrons. The second-order valence-electron chi connectivity index (χ2n) is 5.88. The summed E-state index contributed by atoms with van der Waals surface area (Å²) in [4.78, 5) is 23.7. The van der Waals surface area contributed by atoms with Crippen molar-refractivity contribution in [2.24, 2.45) is 11.7 Å². The first kappa shape index (κ1) is 16.9. The first-order valence-electron chi connectivity index (χ1n) is 7.64. The molecule has 2 aromatic rings. The standard InChI is InChI=1S/C18H16F2N2O3/c1-25-16-5-2-9(17(21)23)6-15(16)22-18(24)13-8-12(13)11-4-3-10(19)7-14(11)20/h2-7,12-13H,8H2,1H3,(H2,21,23)(H,22,24)/t12-,13+/m0/s1. The molecule has 25 heavy (non-hydrogen) atoms. The number of amides is 2. The number of anilines is 1. The minimum Gasteiger partial charge on any atom is -0.495 e. The summed E-state index contributed by atoms with van der Waals surface area (Å²) in [6.07, 6.45) is 0.464. The Bertz CT molecular complexity index is 854. The third kappa shape index (κ3) is 3.45. The van der Waals surface area contributed by atoms with Gasteiger partial charge in [0, 0.05) is 17.5 Å². The Kier molecular flexibility index (Phi) is 4.39. The molecule has 7 heteroatoms. The van der Waals surface area contributed by atoms with Crippen LogP contribution in [-0.4, -0.2) is 18.9 Å². The lowest BCUT2D eigenvalue weighted by atomic mass is 10.1. The highest BCUT2D eigenvalue weighted by Gasteiger charge is 2.45. The molecule has 0 spiro atoms. The van der Waals surface area contributed by atoms with E-state index in [1.807, 2.05) is 0 Å². The lowest BCUT2D eigenvalue weighted by Crippen LogP contribution is -2.17. The van der Waals surface area contributed by atoms with Crippen molar-refractivity contribution in [2.75, 3.05) is 12.4 Å². The highest BCUT2D eigenvalue weighted by Crippen LogP contribution is 2.49. The largest absolute Gasteiger partial charge is 0.495 e. The van der Waals surface area contributed by atoms with Gasteiger partial charge in [0.05, 0.1) is 12.8 Å². The average Bonchev–Trinajstić information content (AvgIpc) is 3.35. The van der Waals surface area contributed by atoms with E-state index >= 15 is 0 Å². The molecule has 1 saturated carbocycles. The molecule has 0 aliphatic heterocycles. The van der Waals surface area contributed by atoms with Gasteiger partial charge in [-0.3, -0.25) is 9.59 Å². The average molecular weight is 346 g/mol. The predicted molar refractivity (Wildman–Crippen MR) is 87.3 cm³/mol. The maximum Gasteiger partial charge on any atom is 0.248 e. The number of benzene rings is 2. The van der Waals surface area contributed by atoms with Crippen molar-refractivity contribution in [1.29, 1.82) is 0 Å². The fourth-order valence-electron chi connectivity index (χ4n) is 2.82. The first-order chi connectivity index (χ1) is 11.9. The summed E-state index contributed by atoms with van der Waals surface area (Å²) in [7, 11) is 1.43. The van der Waals surface area contributed by atoms with E-state index in [9.17, 15) is 18.4 Å². The zero-order valence-corrected chi connectivity index (χ0v) is 13.4. The molecule has 130 valence electrons. The van der Waals surface area contributed by atoms with E-state index in [0.29, 0.717) is 23.4 Å². The third-order valence-electron chi connectivity index (χ3n) is 4.23. The van der Waals surface area contributed by atoms with Gasteiger partial charge in [-0.05, 0) is 42.2 Å². The number of carbonyl (C=O) groups excluding carboxylic acids is 2. The van der Waals surface area contributed by atoms with Crippen LogP contribution in [0.4, 0.5) is 14.5 Å². The van der Waals surface area contributed by atoms with Crippen LogP contribution in [0, 0.1) is 17.6 Å². The van der Waals surface area contributed by atoms with E-state index in [1.165, 1.54) is 37.4 Å². The fourth-order valence-corrected chi connectivity index (χ4v) is 2.82. The minimum absolute atomic E-state index is 0.230. The van der Waals surface area contributed by atoms with Gasteiger partial charge in [0.1, 0.15) is 17.4 Å². The molecule has 5 nitrogen and oxygen atoms in total. The highest BCUT2D eigenvalue weighted by atomic mass is 19.1. The quantitative estimate of drug-likeness (QED) is 0.873. The number of nitrogens with two attached hydrogens (primary N) is 1. The molecular weight excluding hydrogens is 330 g/mol.